The number of aryl methyl sites for hydroxylation is 1. The summed E-state index contributed by atoms with van der Waals surface area (Å²) in [6, 6.07) is 19.4. The lowest BCUT2D eigenvalue weighted by Crippen LogP contribution is -2.28. The minimum atomic E-state index is -0.542. The van der Waals surface area contributed by atoms with Crippen LogP contribution in [-0.4, -0.2) is 24.1 Å². The number of nitrogens with one attached hydrogen (secondary N) is 1. The number of nitriles is 1. The summed E-state index contributed by atoms with van der Waals surface area (Å²) >= 11 is 0. The van der Waals surface area contributed by atoms with Crippen molar-refractivity contribution in [1.29, 1.82) is 5.26 Å². The molecule has 0 saturated heterocycles. The normalized spacial score (nSPS) is 11.7. The quantitative estimate of drug-likeness (QED) is 0.356. The number of rotatable bonds is 6. The molecule has 0 unspecified atom stereocenters. The van der Waals surface area contributed by atoms with Gasteiger partial charge in [0.1, 0.15) is 23.3 Å². The molecule has 0 saturated carbocycles. The van der Waals surface area contributed by atoms with Gasteiger partial charge in [0, 0.05) is 18.8 Å². The molecule has 5 rings (SSSR count). The second-order valence-electron chi connectivity index (χ2n) is 8.66. The first-order valence-corrected chi connectivity index (χ1v) is 12.0. The molecule has 1 atom stereocenters. The van der Waals surface area contributed by atoms with Crippen LogP contribution in [0.5, 0.6) is 0 Å². The number of nitrogens with two attached hydrogens (primary N) is 1. The molecule has 0 fully saturated rings. The van der Waals surface area contributed by atoms with Gasteiger partial charge in [-0.15, -0.1) is 0 Å². The Bertz CT molecular complexity index is 1820. The third-order valence-corrected chi connectivity index (χ3v) is 6.24. The Morgan fingerprint density at radius 3 is 2.58 bits per heavy atom. The predicted molar refractivity (Wildman–Crippen MR) is 146 cm³/mol. The molecule has 0 amide bonds. The smallest absolute Gasteiger partial charge is 0.266 e. The van der Waals surface area contributed by atoms with Crippen molar-refractivity contribution in [2.75, 3.05) is 11.1 Å². The summed E-state index contributed by atoms with van der Waals surface area (Å²) in [5.74, 6) is 0.686. The Morgan fingerprint density at radius 2 is 1.84 bits per heavy atom. The molecular weight excluding hydrogens is 480 g/mol. The summed E-state index contributed by atoms with van der Waals surface area (Å²) in [6.45, 7) is 4.23. The van der Waals surface area contributed by atoms with Gasteiger partial charge in [0.25, 0.3) is 11.1 Å². The van der Waals surface area contributed by atoms with E-state index in [1.165, 1.54) is 12.3 Å². The van der Waals surface area contributed by atoms with Gasteiger partial charge in [0.2, 0.25) is 5.95 Å². The molecule has 0 bridgehead atoms. The van der Waals surface area contributed by atoms with Gasteiger partial charge in [-0.3, -0.25) is 14.2 Å². The van der Waals surface area contributed by atoms with Crippen LogP contribution in [0.3, 0.4) is 0 Å². The molecule has 3 N–H and O–H groups in total. The fourth-order valence-electron chi connectivity index (χ4n) is 4.40. The minimum absolute atomic E-state index is 0.0173. The Labute approximate surface area is 217 Å². The molecule has 10 nitrogen and oxygen atoms in total. The van der Waals surface area contributed by atoms with Gasteiger partial charge < -0.3 is 15.6 Å². The second-order valence-corrected chi connectivity index (χ2v) is 8.66. The number of para-hydroxylation sites is 1. The number of hydrogen-bond acceptors (Lipinski definition) is 8. The maximum Gasteiger partial charge on any atom is 0.266 e. The van der Waals surface area contributed by atoms with Crippen molar-refractivity contribution in [1.82, 2.24) is 24.1 Å². The molecule has 3 heterocycles. The third kappa shape index (κ3) is 4.37. The molecule has 0 spiro atoms. The molecule has 0 aliphatic rings. The Hall–Kier alpha value is -5.30. The number of anilines is 2. The fraction of sp³-hybridized carbons (Fsp3) is 0.143. The van der Waals surface area contributed by atoms with Crippen molar-refractivity contribution in [3.63, 3.8) is 0 Å². The van der Waals surface area contributed by atoms with Gasteiger partial charge in [-0.2, -0.15) is 10.2 Å². The third-order valence-electron chi connectivity index (χ3n) is 6.24. The summed E-state index contributed by atoms with van der Waals surface area (Å²) in [7, 11) is 0. The molecule has 10 heteroatoms. The highest BCUT2D eigenvalue weighted by molar-refractivity contribution is 5.94. The summed E-state index contributed by atoms with van der Waals surface area (Å²) in [5.41, 5.74) is 8.14. The first-order chi connectivity index (χ1) is 18.4. The Balaban J connectivity index is 1.75. The highest BCUT2D eigenvalue weighted by atomic mass is 16.1. The van der Waals surface area contributed by atoms with E-state index in [-0.39, 0.29) is 28.4 Å². The minimum Gasteiger partial charge on any atom is -0.368 e. The monoisotopic (exact) mass is 504 g/mol. The van der Waals surface area contributed by atoms with E-state index in [1.54, 1.807) is 27.5 Å². The van der Waals surface area contributed by atoms with E-state index in [2.05, 4.69) is 15.3 Å². The number of pyridine rings is 1. The summed E-state index contributed by atoms with van der Waals surface area (Å²) in [4.78, 5) is 39.4. The summed E-state index contributed by atoms with van der Waals surface area (Å²) in [6.07, 6.45) is 3.10. The standard InChI is InChI=1S/C28H24N8O2/c1-3-35-16-18(12-13-23(35)37)21-10-7-11-22-24(21)27(38)36(20-8-5-4-6-9-20)26(33-22)17(2)32-25-19(14-29)15-31-28(30)34-25/h4-13,15-17H,3H2,1-2H3,(H3,30,31,32,34)/t17-/m1/s1. The van der Waals surface area contributed by atoms with Crippen LogP contribution in [0.25, 0.3) is 27.7 Å². The van der Waals surface area contributed by atoms with Crippen LogP contribution in [0, 0.1) is 11.3 Å². The maximum absolute atomic E-state index is 14.2. The zero-order valence-electron chi connectivity index (χ0n) is 20.8. The molecule has 3 aromatic heterocycles. The van der Waals surface area contributed by atoms with E-state index in [9.17, 15) is 14.9 Å². The molecule has 188 valence electrons. The van der Waals surface area contributed by atoms with Crippen LogP contribution in [0.1, 0.15) is 31.3 Å². The van der Waals surface area contributed by atoms with Crippen molar-refractivity contribution >= 4 is 22.7 Å². The van der Waals surface area contributed by atoms with E-state index < -0.39 is 6.04 Å². The first kappa shape index (κ1) is 24.4. The number of fused-ring (bicyclic) bond motifs is 1. The van der Waals surface area contributed by atoms with Gasteiger partial charge in [-0.25, -0.2) is 9.97 Å². The van der Waals surface area contributed by atoms with Crippen LogP contribution in [0.4, 0.5) is 11.8 Å². The lowest BCUT2D eigenvalue weighted by molar-refractivity contribution is 0.728. The van der Waals surface area contributed by atoms with Gasteiger partial charge in [0.15, 0.2) is 0 Å². The van der Waals surface area contributed by atoms with E-state index in [0.29, 0.717) is 34.5 Å². The zero-order valence-corrected chi connectivity index (χ0v) is 20.8. The van der Waals surface area contributed by atoms with Crippen LogP contribution in [-0.2, 0) is 6.54 Å². The predicted octanol–water partition coefficient (Wildman–Crippen LogP) is 3.65. The summed E-state index contributed by atoms with van der Waals surface area (Å²) < 4.78 is 3.15. The average Bonchev–Trinajstić information content (AvgIpc) is 2.93. The van der Waals surface area contributed by atoms with Crippen LogP contribution in [0.15, 0.2) is 82.6 Å². The van der Waals surface area contributed by atoms with Crippen molar-refractivity contribution in [3.05, 3.63) is 105 Å². The number of benzene rings is 2. The molecule has 2 aromatic carbocycles. The lowest BCUT2D eigenvalue weighted by atomic mass is 10.0. The van der Waals surface area contributed by atoms with Gasteiger partial charge >= 0.3 is 0 Å². The van der Waals surface area contributed by atoms with E-state index in [0.717, 1.165) is 5.56 Å². The maximum atomic E-state index is 14.2. The Morgan fingerprint density at radius 1 is 1.05 bits per heavy atom. The van der Waals surface area contributed by atoms with Crippen LogP contribution < -0.4 is 22.2 Å². The number of hydrogen-bond donors (Lipinski definition) is 2. The van der Waals surface area contributed by atoms with Gasteiger partial charge in [-0.1, -0.05) is 30.3 Å². The topological polar surface area (TPSA) is 145 Å². The van der Waals surface area contributed by atoms with E-state index in [1.807, 2.05) is 62.4 Å². The van der Waals surface area contributed by atoms with Gasteiger partial charge in [0.05, 0.1) is 28.8 Å². The van der Waals surface area contributed by atoms with Crippen molar-refractivity contribution < 1.29 is 0 Å². The Kier molecular flexibility index (Phi) is 6.41. The van der Waals surface area contributed by atoms with Crippen molar-refractivity contribution in [3.8, 4) is 22.9 Å². The van der Waals surface area contributed by atoms with Crippen molar-refractivity contribution in [2.45, 2.75) is 26.4 Å². The molecule has 0 aliphatic heterocycles. The SMILES string of the molecule is CCn1cc(-c2cccc3nc([C@@H](C)Nc4nc(N)ncc4C#N)n(-c4ccccc4)c(=O)c23)ccc1=O. The lowest BCUT2D eigenvalue weighted by Gasteiger charge is -2.21. The number of nitrogens with zero attached hydrogens (tertiary/aromatic N) is 6. The van der Waals surface area contributed by atoms with E-state index >= 15 is 0 Å². The van der Waals surface area contributed by atoms with Crippen LogP contribution >= 0.6 is 0 Å². The molecular formula is C28H24N8O2. The second kappa shape index (κ2) is 9.99. The van der Waals surface area contributed by atoms with Crippen molar-refractivity contribution in [2.24, 2.45) is 0 Å². The van der Waals surface area contributed by atoms with Gasteiger partial charge in [-0.05, 0) is 49.2 Å². The highest BCUT2D eigenvalue weighted by Gasteiger charge is 2.21. The van der Waals surface area contributed by atoms with Crippen LogP contribution in [0.2, 0.25) is 0 Å². The molecule has 0 aliphatic carbocycles. The average molecular weight is 505 g/mol. The number of nitrogen functional groups attached to an aromatic ring is 1. The number of aromatic nitrogens is 5. The molecule has 5 aromatic rings. The first-order valence-electron chi connectivity index (χ1n) is 12.0. The summed E-state index contributed by atoms with van der Waals surface area (Å²) in [5, 5.41) is 13.1. The highest BCUT2D eigenvalue weighted by Crippen LogP contribution is 2.28. The molecule has 38 heavy (non-hydrogen) atoms. The zero-order chi connectivity index (χ0) is 26.8. The fourth-order valence-corrected chi connectivity index (χ4v) is 4.40. The largest absolute Gasteiger partial charge is 0.368 e. The van der Waals surface area contributed by atoms with E-state index in [4.69, 9.17) is 10.7 Å². The molecule has 0 radical (unpaired) electrons.